The quantitative estimate of drug-likeness (QED) is 0.864. The van der Waals surface area contributed by atoms with Gasteiger partial charge in [0.2, 0.25) is 0 Å². The maximum Gasteiger partial charge on any atom is 0.131 e. The van der Waals surface area contributed by atoms with Crippen LogP contribution in [0.2, 0.25) is 5.02 Å². The molecule has 3 heteroatoms. The van der Waals surface area contributed by atoms with Crippen LogP contribution >= 0.6 is 11.6 Å². The van der Waals surface area contributed by atoms with E-state index in [1.54, 1.807) is 0 Å². The largest absolute Gasteiger partial charge is 0.457 e. The molecule has 0 spiro atoms. The van der Waals surface area contributed by atoms with Crippen molar-refractivity contribution in [2.24, 2.45) is 0 Å². The van der Waals surface area contributed by atoms with Gasteiger partial charge in [-0.1, -0.05) is 36.7 Å². The molecule has 0 aliphatic heterocycles. The Balaban J connectivity index is 2.20. The summed E-state index contributed by atoms with van der Waals surface area (Å²) < 4.78 is 5.94. The Bertz CT molecular complexity index is 554. The summed E-state index contributed by atoms with van der Waals surface area (Å²) in [7, 11) is 0. The molecule has 100 valence electrons. The summed E-state index contributed by atoms with van der Waals surface area (Å²) in [5.41, 5.74) is 2.17. The van der Waals surface area contributed by atoms with E-state index in [-0.39, 0.29) is 0 Å². The number of rotatable bonds is 5. The summed E-state index contributed by atoms with van der Waals surface area (Å²) >= 11 is 6.02. The van der Waals surface area contributed by atoms with Gasteiger partial charge in [0.15, 0.2) is 0 Å². The van der Waals surface area contributed by atoms with Gasteiger partial charge in [0.05, 0.1) is 0 Å². The number of aryl methyl sites for hydroxylation is 1. The van der Waals surface area contributed by atoms with Crippen molar-refractivity contribution < 1.29 is 4.74 Å². The predicted octanol–water partition coefficient (Wildman–Crippen LogP) is 4.55. The van der Waals surface area contributed by atoms with E-state index in [0.717, 1.165) is 40.7 Å². The fourth-order valence-corrected chi connectivity index (χ4v) is 1.93. The van der Waals surface area contributed by atoms with Gasteiger partial charge in [0.1, 0.15) is 11.5 Å². The summed E-state index contributed by atoms with van der Waals surface area (Å²) in [5, 5.41) is 4.07. The lowest BCUT2D eigenvalue weighted by molar-refractivity contribution is 0.473. The molecular weight excluding hydrogens is 258 g/mol. The first-order valence-corrected chi connectivity index (χ1v) is 6.81. The van der Waals surface area contributed by atoms with E-state index in [4.69, 9.17) is 16.3 Å². The summed E-state index contributed by atoms with van der Waals surface area (Å²) in [6, 6.07) is 13.8. The minimum Gasteiger partial charge on any atom is -0.457 e. The molecule has 0 aliphatic rings. The van der Waals surface area contributed by atoms with Crippen molar-refractivity contribution in [2.75, 3.05) is 6.54 Å². The first kappa shape index (κ1) is 13.9. The van der Waals surface area contributed by atoms with Gasteiger partial charge >= 0.3 is 0 Å². The van der Waals surface area contributed by atoms with Gasteiger partial charge in [-0.2, -0.15) is 0 Å². The van der Waals surface area contributed by atoms with Crippen LogP contribution in [0.5, 0.6) is 11.5 Å². The standard InChI is InChI=1S/C16H18ClNO/c1-3-18-11-13-6-4-5-7-16(13)19-14-8-9-15(17)12(2)10-14/h4-10,18H,3,11H2,1-2H3. The maximum atomic E-state index is 6.02. The Hall–Kier alpha value is -1.51. The fraction of sp³-hybridized carbons (Fsp3) is 0.250. The lowest BCUT2D eigenvalue weighted by Crippen LogP contribution is -2.12. The number of ether oxygens (including phenoxy) is 1. The minimum absolute atomic E-state index is 0.758. The third-order valence-corrected chi connectivity index (χ3v) is 3.32. The van der Waals surface area contributed by atoms with Gasteiger partial charge in [-0.15, -0.1) is 0 Å². The smallest absolute Gasteiger partial charge is 0.131 e. The van der Waals surface area contributed by atoms with Crippen LogP contribution < -0.4 is 10.1 Å². The lowest BCUT2D eigenvalue weighted by atomic mass is 10.2. The molecule has 0 atom stereocenters. The summed E-state index contributed by atoms with van der Waals surface area (Å²) in [4.78, 5) is 0. The summed E-state index contributed by atoms with van der Waals surface area (Å²) in [6.07, 6.45) is 0. The number of hydrogen-bond donors (Lipinski definition) is 1. The van der Waals surface area contributed by atoms with Crippen molar-refractivity contribution in [3.05, 3.63) is 58.6 Å². The molecule has 0 amide bonds. The van der Waals surface area contributed by atoms with Crippen LogP contribution in [-0.4, -0.2) is 6.54 Å². The lowest BCUT2D eigenvalue weighted by Gasteiger charge is -2.12. The maximum absolute atomic E-state index is 6.02. The van der Waals surface area contributed by atoms with Crippen molar-refractivity contribution in [1.29, 1.82) is 0 Å². The van der Waals surface area contributed by atoms with Crippen LogP contribution in [-0.2, 0) is 6.54 Å². The van der Waals surface area contributed by atoms with Gasteiger partial charge < -0.3 is 10.1 Å². The van der Waals surface area contributed by atoms with Crippen molar-refractivity contribution >= 4 is 11.6 Å². The van der Waals surface area contributed by atoms with Crippen molar-refractivity contribution in [3.63, 3.8) is 0 Å². The van der Waals surface area contributed by atoms with Crippen LogP contribution in [0.4, 0.5) is 0 Å². The first-order chi connectivity index (χ1) is 9.20. The molecule has 0 fully saturated rings. The molecule has 2 nitrogen and oxygen atoms in total. The topological polar surface area (TPSA) is 21.3 Å². The second-order valence-electron chi connectivity index (χ2n) is 4.40. The second-order valence-corrected chi connectivity index (χ2v) is 4.81. The number of hydrogen-bond acceptors (Lipinski definition) is 2. The Labute approximate surface area is 119 Å². The fourth-order valence-electron chi connectivity index (χ4n) is 1.82. The highest BCUT2D eigenvalue weighted by Gasteiger charge is 2.05. The molecule has 0 aromatic heterocycles. The van der Waals surface area contributed by atoms with E-state index < -0.39 is 0 Å². The summed E-state index contributed by atoms with van der Waals surface area (Å²) in [6.45, 7) is 5.80. The van der Waals surface area contributed by atoms with E-state index in [2.05, 4.69) is 18.3 Å². The second kappa shape index (κ2) is 6.60. The van der Waals surface area contributed by atoms with E-state index in [1.165, 1.54) is 0 Å². The predicted molar refractivity (Wildman–Crippen MR) is 80.1 cm³/mol. The van der Waals surface area contributed by atoms with E-state index in [1.807, 2.05) is 43.3 Å². The molecule has 0 saturated carbocycles. The molecule has 2 aromatic carbocycles. The zero-order chi connectivity index (χ0) is 13.7. The number of benzene rings is 2. The Morgan fingerprint density at radius 3 is 2.68 bits per heavy atom. The number of nitrogens with one attached hydrogen (secondary N) is 1. The highest BCUT2D eigenvalue weighted by molar-refractivity contribution is 6.31. The van der Waals surface area contributed by atoms with Crippen molar-refractivity contribution in [2.45, 2.75) is 20.4 Å². The molecule has 0 radical (unpaired) electrons. The summed E-state index contributed by atoms with van der Waals surface area (Å²) in [5.74, 6) is 1.69. The van der Waals surface area contributed by atoms with Crippen molar-refractivity contribution in [3.8, 4) is 11.5 Å². The molecular formula is C16H18ClNO. The SMILES string of the molecule is CCNCc1ccccc1Oc1ccc(Cl)c(C)c1. The van der Waals surface area contributed by atoms with Gasteiger partial charge in [-0.25, -0.2) is 0 Å². The Morgan fingerprint density at radius 1 is 1.16 bits per heavy atom. The molecule has 0 bridgehead atoms. The molecule has 1 N–H and O–H groups in total. The van der Waals surface area contributed by atoms with E-state index in [0.29, 0.717) is 0 Å². The third-order valence-electron chi connectivity index (χ3n) is 2.90. The third kappa shape index (κ3) is 3.72. The first-order valence-electron chi connectivity index (χ1n) is 6.43. The molecule has 0 aliphatic carbocycles. The molecule has 2 aromatic rings. The average molecular weight is 276 g/mol. The highest BCUT2D eigenvalue weighted by atomic mass is 35.5. The Kier molecular flexibility index (Phi) is 4.83. The van der Waals surface area contributed by atoms with Gasteiger partial charge in [-0.3, -0.25) is 0 Å². The highest BCUT2D eigenvalue weighted by Crippen LogP contribution is 2.28. The Morgan fingerprint density at radius 2 is 1.95 bits per heavy atom. The zero-order valence-corrected chi connectivity index (χ0v) is 12.0. The van der Waals surface area contributed by atoms with Crippen LogP contribution in [0.1, 0.15) is 18.1 Å². The van der Waals surface area contributed by atoms with Crippen LogP contribution in [0.15, 0.2) is 42.5 Å². The van der Waals surface area contributed by atoms with E-state index in [9.17, 15) is 0 Å². The molecule has 0 unspecified atom stereocenters. The molecule has 0 heterocycles. The normalized spacial score (nSPS) is 10.5. The van der Waals surface area contributed by atoms with Gasteiger partial charge in [-0.05, 0) is 43.3 Å². The number of halogens is 1. The van der Waals surface area contributed by atoms with Crippen LogP contribution in [0.25, 0.3) is 0 Å². The average Bonchev–Trinajstić information content (AvgIpc) is 2.42. The molecule has 0 saturated heterocycles. The molecule has 2 rings (SSSR count). The minimum atomic E-state index is 0.758. The number of para-hydroxylation sites is 1. The van der Waals surface area contributed by atoms with Crippen molar-refractivity contribution in [1.82, 2.24) is 5.32 Å². The van der Waals surface area contributed by atoms with Crippen LogP contribution in [0, 0.1) is 6.92 Å². The monoisotopic (exact) mass is 275 g/mol. The van der Waals surface area contributed by atoms with E-state index >= 15 is 0 Å². The van der Waals surface area contributed by atoms with Crippen LogP contribution in [0.3, 0.4) is 0 Å². The van der Waals surface area contributed by atoms with Gasteiger partial charge in [0.25, 0.3) is 0 Å². The van der Waals surface area contributed by atoms with Gasteiger partial charge in [0, 0.05) is 17.1 Å². The zero-order valence-electron chi connectivity index (χ0n) is 11.2. The molecule has 19 heavy (non-hydrogen) atoms.